The molecule has 0 aromatic heterocycles. The molecule has 158 valence electrons. The highest BCUT2D eigenvalue weighted by molar-refractivity contribution is 5.96. The number of carbonyl (C=O) groups is 4. The number of esters is 1. The molecule has 0 atom stereocenters. The van der Waals surface area contributed by atoms with E-state index in [4.69, 9.17) is 10.5 Å². The van der Waals surface area contributed by atoms with Crippen LogP contribution in [-0.2, 0) is 16.1 Å². The van der Waals surface area contributed by atoms with Gasteiger partial charge < -0.3 is 26.4 Å². The minimum Gasteiger partial charge on any atom is -0.452 e. The molecule has 0 heterocycles. The van der Waals surface area contributed by atoms with Crippen LogP contribution in [0.15, 0.2) is 48.5 Å². The van der Waals surface area contributed by atoms with Gasteiger partial charge in [0, 0.05) is 23.8 Å². The monoisotopic (exact) mass is 412 g/mol. The van der Waals surface area contributed by atoms with Crippen molar-refractivity contribution < 1.29 is 23.9 Å². The van der Waals surface area contributed by atoms with Crippen LogP contribution in [0, 0.1) is 0 Å². The Morgan fingerprint density at radius 2 is 1.53 bits per heavy atom. The second-order valence-electron chi connectivity index (χ2n) is 6.74. The first kappa shape index (κ1) is 22.4. The number of hydrogen-bond acceptors (Lipinski definition) is 5. The largest absolute Gasteiger partial charge is 0.452 e. The van der Waals surface area contributed by atoms with Crippen molar-refractivity contribution in [1.82, 2.24) is 10.6 Å². The highest BCUT2D eigenvalue weighted by Crippen LogP contribution is 2.10. The van der Waals surface area contributed by atoms with Gasteiger partial charge in [-0.25, -0.2) is 9.59 Å². The van der Waals surface area contributed by atoms with Gasteiger partial charge in [-0.2, -0.15) is 0 Å². The Kier molecular flexibility index (Phi) is 7.92. The van der Waals surface area contributed by atoms with Gasteiger partial charge in [0.05, 0.1) is 5.56 Å². The molecule has 0 fully saturated rings. The maximum absolute atomic E-state index is 12.1. The van der Waals surface area contributed by atoms with Crippen molar-refractivity contribution in [3.05, 3.63) is 65.2 Å². The third kappa shape index (κ3) is 7.27. The molecule has 9 heteroatoms. The maximum atomic E-state index is 12.1. The van der Waals surface area contributed by atoms with Gasteiger partial charge in [-0.05, 0) is 55.8 Å². The number of amides is 4. The van der Waals surface area contributed by atoms with E-state index in [0.29, 0.717) is 17.8 Å². The number of hydrogen-bond donors (Lipinski definition) is 4. The summed E-state index contributed by atoms with van der Waals surface area (Å²) in [4.78, 5) is 46.6. The first-order chi connectivity index (χ1) is 14.2. The Labute approximate surface area is 174 Å². The lowest BCUT2D eigenvalue weighted by molar-refractivity contribution is -0.119. The van der Waals surface area contributed by atoms with Gasteiger partial charge in [0.15, 0.2) is 6.61 Å². The smallest absolute Gasteiger partial charge is 0.338 e. The quantitative estimate of drug-likeness (QED) is 0.490. The number of rotatable bonds is 8. The summed E-state index contributed by atoms with van der Waals surface area (Å²) in [6, 6.07) is 12.2. The van der Waals surface area contributed by atoms with Crippen molar-refractivity contribution in [3.63, 3.8) is 0 Å². The molecule has 2 rings (SSSR count). The lowest BCUT2D eigenvalue weighted by Crippen LogP contribution is -2.39. The van der Waals surface area contributed by atoms with Crippen molar-refractivity contribution in [2.75, 3.05) is 11.9 Å². The van der Waals surface area contributed by atoms with E-state index in [1.54, 1.807) is 24.3 Å². The van der Waals surface area contributed by atoms with Crippen molar-refractivity contribution in [2.45, 2.75) is 26.4 Å². The summed E-state index contributed by atoms with van der Waals surface area (Å²) in [6.07, 6.45) is 0. The number of ether oxygens (including phenoxy) is 1. The van der Waals surface area contributed by atoms with Gasteiger partial charge in [0.1, 0.15) is 0 Å². The minimum absolute atomic E-state index is 0.0360. The molecule has 0 aliphatic carbocycles. The molecule has 2 aromatic carbocycles. The van der Waals surface area contributed by atoms with Crippen LogP contribution < -0.4 is 21.7 Å². The van der Waals surface area contributed by atoms with E-state index < -0.39 is 24.4 Å². The summed E-state index contributed by atoms with van der Waals surface area (Å²) in [6.45, 7) is 3.57. The fraction of sp³-hybridized carbons (Fsp3) is 0.238. The Balaban J connectivity index is 1.79. The summed E-state index contributed by atoms with van der Waals surface area (Å²) >= 11 is 0. The molecule has 0 aliphatic rings. The molecule has 5 N–H and O–H groups in total. The van der Waals surface area contributed by atoms with Crippen LogP contribution in [0.5, 0.6) is 0 Å². The first-order valence-corrected chi connectivity index (χ1v) is 9.24. The van der Waals surface area contributed by atoms with Crippen molar-refractivity contribution in [1.29, 1.82) is 0 Å². The van der Waals surface area contributed by atoms with E-state index >= 15 is 0 Å². The van der Waals surface area contributed by atoms with Crippen LogP contribution >= 0.6 is 0 Å². The SMILES string of the molecule is CC(C)NC(=O)NCc1ccc(C(=O)OCC(=O)Nc2ccc(C(N)=O)cc2)cc1. The van der Waals surface area contributed by atoms with Gasteiger partial charge in [-0.15, -0.1) is 0 Å². The van der Waals surface area contributed by atoms with Crippen LogP contribution in [0.1, 0.15) is 40.1 Å². The number of urea groups is 1. The predicted molar refractivity (Wildman–Crippen MR) is 111 cm³/mol. The molecular formula is C21H24N4O5. The summed E-state index contributed by atoms with van der Waals surface area (Å²) in [5, 5.41) is 7.97. The van der Waals surface area contributed by atoms with E-state index in [1.807, 2.05) is 13.8 Å². The Morgan fingerprint density at radius 1 is 0.933 bits per heavy atom. The summed E-state index contributed by atoms with van der Waals surface area (Å²) in [5.41, 5.74) is 7.00. The van der Waals surface area contributed by atoms with E-state index in [-0.39, 0.29) is 17.6 Å². The molecule has 30 heavy (non-hydrogen) atoms. The summed E-state index contributed by atoms with van der Waals surface area (Å²) in [7, 11) is 0. The Morgan fingerprint density at radius 3 is 2.10 bits per heavy atom. The van der Waals surface area contributed by atoms with Crippen LogP contribution in [-0.4, -0.2) is 36.5 Å². The van der Waals surface area contributed by atoms with Crippen molar-refractivity contribution in [2.24, 2.45) is 5.73 Å². The first-order valence-electron chi connectivity index (χ1n) is 9.24. The van der Waals surface area contributed by atoms with Gasteiger partial charge in [-0.1, -0.05) is 12.1 Å². The lowest BCUT2D eigenvalue weighted by Gasteiger charge is -2.10. The molecule has 0 spiro atoms. The normalized spacial score (nSPS) is 10.2. The third-order valence-electron chi connectivity index (χ3n) is 3.85. The van der Waals surface area contributed by atoms with E-state index in [2.05, 4.69) is 16.0 Å². The maximum Gasteiger partial charge on any atom is 0.338 e. The molecule has 0 bridgehead atoms. The second kappa shape index (κ2) is 10.6. The molecular weight excluding hydrogens is 388 g/mol. The number of anilines is 1. The standard InChI is InChI=1S/C21H24N4O5/c1-13(2)24-21(29)23-11-14-3-5-16(6-4-14)20(28)30-12-18(26)25-17-9-7-15(8-10-17)19(22)27/h3-10,13H,11-12H2,1-2H3,(H2,22,27)(H,25,26)(H2,23,24,29). The van der Waals surface area contributed by atoms with Gasteiger partial charge in [0.2, 0.25) is 5.91 Å². The average molecular weight is 412 g/mol. The van der Waals surface area contributed by atoms with E-state index in [0.717, 1.165) is 5.56 Å². The molecule has 2 aromatic rings. The van der Waals surface area contributed by atoms with Crippen LogP contribution in [0.2, 0.25) is 0 Å². The number of benzene rings is 2. The fourth-order valence-corrected chi connectivity index (χ4v) is 2.38. The van der Waals surface area contributed by atoms with Crippen LogP contribution in [0.4, 0.5) is 10.5 Å². The number of primary amides is 1. The van der Waals surface area contributed by atoms with E-state index in [9.17, 15) is 19.2 Å². The van der Waals surface area contributed by atoms with Crippen molar-refractivity contribution >= 4 is 29.5 Å². The number of nitrogens with two attached hydrogens (primary N) is 1. The summed E-state index contributed by atoms with van der Waals surface area (Å²) < 4.78 is 5.00. The van der Waals surface area contributed by atoms with Gasteiger partial charge in [0.25, 0.3) is 5.91 Å². The zero-order valence-corrected chi connectivity index (χ0v) is 16.7. The zero-order valence-electron chi connectivity index (χ0n) is 16.7. The average Bonchev–Trinajstić information content (AvgIpc) is 2.71. The lowest BCUT2D eigenvalue weighted by atomic mass is 10.1. The molecule has 0 saturated heterocycles. The molecule has 4 amide bonds. The molecule has 9 nitrogen and oxygen atoms in total. The van der Waals surface area contributed by atoms with Gasteiger partial charge in [-0.3, -0.25) is 9.59 Å². The molecule has 0 saturated carbocycles. The van der Waals surface area contributed by atoms with Gasteiger partial charge >= 0.3 is 12.0 Å². The predicted octanol–water partition coefficient (Wildman–Crippen LogP) is 1.79. The second-order valence-corrected chi connectivity index (χ2v) is 6.74. The number of nitrogens with one attached hydrogen (secondary N) is 3. The molecule has 0 radical (unpaired) electrons. The van der Waals surface area contributed by atoms with Crippen molar-refractivity contribution in [3.8, 4) is 0 Å². The highest BCUT2D eigenvalue weighted by Gasteiger charge is 2.11. The Hall–Kier alpha value is -3.88. The Bertz CT molecular complexity index is 908. The third-order valence-corrected chi connectivity index (χ3v) is 3.85. The van der Waals surface area contributed by atoms with Crippen LogP contribution in [0.25, 0.3) is 0 Å². The minimum atomic E-state index is -0.647. The zero-order chi connectivity index (χ0) is 22.1. The molecule has 0 aliphatic heterocycles. The fourth-order valence-electron chi connectivity index (χ4n) is 2.38. The van der Waals surface area contributed by atoms with E-state index in [1.165, 1.54) is 24.3 Å². The van der Waals surface area contributed by atoms with Crippen LogP contribution in [0.3, 0.4) is 0 Å². The number of carbonyl (C=O) groups excluding carboxylic acids is 4. The highest BCUT2D eigenvalue weighted by atomic mass is 16.5. The molecule has 0 unspecified atom stereocenters. The summed E-state index contributed by atoms with van der Waals surface area (Å²) in [5.74, 6) is -1.74. The topological polar surface area (TPSA) is 140 Å².